The molecule has 0 saturated carbocycles. The maximum atomic E-state index is 11.8. The van der Waals surface area contributed by atoms with E-state index in [9.17, 15) is 4.79 Å². The quantitative estimate of drug-likeness (QED) is 0.713. The third kappa shape index (κ3) is 3.46. The van der Waals surface area contributed by atoms with Gasteiger partial charge in [-0.1, -0.05) is 0 Å². The molecule has 4 nitrogen and oxygen atoms in total. The van der Waals surface area contributed by atoms with Gasteiger partial charge in [0.1, 0.15) is 0 Å². The number of nitrogens with one attached hydrogen (secondary N) is 1. The van der Waals surface area contributed by atoms with Gasteiger partial charge in [-0.05, 0) is 41.0 Å². The number of carbonyl (C=O) groups is 1. The number of nitrogens with zero attached hydrogens (tertiary/aromatic N) is 2. The van der Waals surface area contributed by atoms with Gasteiger partial charge in [-0.25, -0.2) is 0 Å². The average Bonchev–Trinajstić information content (AvgIpc) is 2.45. The van der Waals surface area contributed by atoms with Crippen molar-refractivity contribution >= 4 is 5.91 Å². The Bertz CT molecular complexity index is 230. The molecule has 0 spiro atoms. The molecule has 0 aromatic heterocycles. The van der Waals surface area contributed by atoms with Crippen LogP contribution in [-0.4, -0.2) is 62.5 Å². The fraction of sp³-hybridized carbons (Fsp3) is 0.917. The minimum Gasteiger partial charge on any atom is -0.340 e. The molecule has 1 fully saturated rings. The molecule has 0 radical (unpaired) electrons. The van der Waals surface area contributed by atoms with Crippen molar-refractivity contribution in [1.29, 1.82) is 0 Å². The van der Waals surface area contributed by atoms with Crippen LogP contribution in [0.25, 0.3) is 0 Å². The van der Waals surface area contributed by atoms with Gasteiger partial charge < -0.3 is 15.1 Å². The second-order valence-electron chi connectivity index (χ2n) is 5.01. The Kier molecular flexibility index (Phi) is 5.22. The van der Waals surface area contributed by atoms with E-state index in [-0.39, 0.29) is 0 Å². The SMILES string of the molecule is CNCC1CC(=O)N(CCCN(C)C)C1C. The summed E-state index contributed by atoms with van der Waals surface area (Å²) >= 11 is 0. The number of hydrogen-bond acceptors (Lipinski definition) is 3. The first-order chi connectivity index (χ1) is 7.56. The van der Waals surface area contributed by atoms with Crippen molar-refractivity contribution in [2.45, 2.75) is 25.8 Å². The van der Waals surface area contributed by atoms with Gasteiger partial charge in [0.15, 0.2) is 0 Å². The van der Waals surface area contributed by atoms with E-state index in [1.807, 2.05) is 11.9 Å². The summed E-state index contributed by atoms with van der Waals surface area (Å²) in [7, 11) is 6.09. The van der Waals surface area contributed by atoms with Crippen LogP contribution in [0.2, 0.25) is 0 Å². The molecular formula is C12H25N3O. The smallest absolute Gasteiger partial charge is 0.223 e. The highest BCUT2D eigenvalue weighted by Gasteiger charge is 2.35. The number of hydrogen-bond donors (Lipinski definition) is 1. The van der Waals surface area contributed by atoms with E-state index in [0.717, 1.165) is 26.1 Å². The monoisotopic (exact) mass is 227 g/mol. The normalized spacial score (nSPS) is 25.8. The van der Waals surface area contributed by atoms with Crippen molar-refractivity contribution in [2.24, 2.45) is 5.92 Å². The van der Waals surface area contributed by atoms with Gasteiger partial charge in [-0.2, -0.15) is 0 Å². The van der Waals surface area contributed by atoms with Gasteiger partial charge in [0.25, 0.3) is 0 Å². The summed E-state index contributed by atoms with van der Waals surface area (Å²) in [6, 6.07) is 0.391. The third-order valence-corrected chi connectivity index (χ3v) is 3.40. The highest BCUT2D eigenvalue weighted by atomic mass is 16.2. The molecule has 1 N–H and O–H groups in total. The molecule has 1 amide bonds. The van der Waals surface area contributed by atoms with E-state index in [4.69, 9.17) is 0 Å². The molecule has 2 unspecified atom stereocenters. The second kappa shape index (κ2) is 6.21. The lowest BCUT2D eigenvalue weighted by molar-refractivity contribution is -0.128. The zero-order chi connectivity index (χ0) is 12.1. The van der Waals surface area contributed by atoms with E-state index in [0.29, 0.717) is 24.3 Å². The molecule has 2 atom stereocenters. The highest BCUT2D eigenvalue weighted by Crippen LogP contribution is 2.24. The maximum Gasteiger partial charge on any atom is 0.223 e. The van der Waals surface area contributed by atoms with Gasteiger partial charge in [0.2, 0.25) is 5.91 Å². The molecule has 0 aromatic carbocycles. The predicted octanol–water partition coefficient (Wildman–Crippen LogP) is 0.395. The van der Waals surface area contributed by atoms with E-state index in [2.05, 4.69) is 31.2 Å². The molecule has 0 bridgehead atoms. The lowest BCUT2D eigenvalue weighted by atomic mass is 10.0. The van der Waals surface area contributed by atoms with Crippen LogP contribution < -0.4 is 5.32 Å². The van der Waals surface area contributed by atoms with Crippen LogP contribution in [0.1, 0.15) is 19.8 Å². The molecule has 1 aliphatic rings. The molecule has 1 heterocycles. The van der Waals surface area contributed by atoms with Crippen molar-refractivity contribution < 1.29 is 4.79 Å². The Morgan fingerprint density at radius 3 is 2.75 bits per heavy atom. The van der Waals surface area contributed by atoms with Crippen molar-refractivity contribution in [1.82, 2.24) is 15.1 Å². The average molecular weight is 227 g/mol. The molecular weight excluding hydrogens is 202 g/mol. The molecule has 94 valence electrons. The van der Waals surface area contributed by atoms with Gasteiger partial charge in [0.05, 0.1) is 0 Å². The standard InChI is InChI=1S/C12H25N3O/c1-10-11(9-13-2)8-12(16)15(10)7-5-6-14(3)4/h10-11,13H,5-9H2,1-4H3. The first-order valence-electron chi connectivity index (χ1n) is 6.15. The number of likely N-dealkylation sites (tertiary alicyclic amines) is 1. The molecule has 16 heavy (non-hydrogen) atoms. The summed E-state index contributed by atoms with van der Waals surface area (Å²) in [5, 5.41) is 3.17. The molecule has 0 aliphatic carbocycles. The molecule has 1 aliphatic heterocycles. The van der Waals surface area contributed by atoms with Gasteiger partial charge in [0, 0.05) is 31.5 Å². The van der Waals surface area contributed by atoms with Gasteiger partial charge in [-0.3, -0.25) is 4.79 Å². The molecule has 0 aromatic rings. The van der Waals surface area contributed by atoms with Crippen LogP contribution >= 0.6 is 0 Å². The predicted molar refractivity (Wildman–Crippen MR) is 66.4 cm³/mol. The Labute approximate surface area is 99.0 Å². The van der Waals surface area contributed by atoms with Crippen LogP contribution in [0, 0.1) is 5.92 Å². The maximum absolute atomic E-state index is 11.8. The van der Waals surface area contributed by atoms with Crippen molar-refractivity contribution in [3.05, 3.63) is 0 Å². The van der Waals surface area contributed by atoms with Crippen molar-refractivity contribution in [3.8, 4) is 0 Å². The second-order valence-corrected chi connectivity index (χ2v) is 5.01. The van der Waals surface area contributed by atoms with Crippen LogP contribution in [0.4, 0.5) is 0 Å². The minimum atomic E-state index is 0.325. The summed E-state index contributed by atoms with van der Waals surface area (Å²) in [5.74, 6) is 0.809. The Morgan fingerprint density at radius 1 is 1.50 bits per heavy atom. The van der Waals surface area contributed by atoms with Gasteiger partial charge >= 0.3 is 0 Å². The zero-order valence-electron chi connectivity index (χ0n) is 11.0. The number of carbonyl (C=O) groups excluding carboxylic acids is 1. The van der Waals surface area contributed by atoms with Crippen LogP contribution in [0.3, 0.4) is 0 Å². The zero-order valence-corrected chi connectivity index (χ0v) is 11.0. The lowest BCUT2D eigenvalue weighted by Crippen LogP contribution is -2.36. The van der Waals surface area contributed by atoms with E-state index < -0.39 is 0 Å². The van der Waals surface area contributed by atoms with Crippen LogP contribution in [-0.2, 0) is 4.79 Å². The summed E-state index contributed by atoms with van der Waals surface area (Å²) in [4.78, 5) is 16.0. The van der Waals surface area contributed by atoms with E-state index in [1.165, 1.54) is 0 Å². The number of rotatable bonds is 6. The van der Waals surface area contributed by atoms with Gasteiger partial charge in [-0.15, -0.1) is 0 Å². The summed E-state index contributed by atoms with van der Waals surface area (Å²) in [6.07, 6.45) is 1.78. The Hall–Kier alpha value is -0.610. The Morgan fingerprint density at radius 2 is 2.19 bits per heavy atom. The summed E-state index contributed by atoms with van der Waals surface area (Å²) in [5.41, 5.74) is 0. The minimum absolute atomic E-state index is 0.325. The van der Waals surface area contributed by atoms with Crippen molar-refractivity contribution in [3.63, 3.8) is 0 Å². The Balaban J connectivity index is 2.38. The lowest BCUT2D eigenvalue weighted by Gasteiger charge is -2.25. The van der Waals surface area contributed by atoms with Crippen molar-refractivity contribution in [2.75, 3.05) is 40.8 Å². The van der Waals surface area contributed by atoms with Crippen LogP contribution in [0.15, 0.2) is 0 Å². The molecule has 4 heteroatoms. The summed E-state index contributed by atoms with van der Waals surface area (Å²) in [6.45, 7) is 5.06. The number of amides is 1. The fourth-order valence-corrected chi connectivity index (χ4v) is 2.38. The summed E-state index contributed by atoms with van der Waals surface area (Å²) < 4.78 is 0. The largest absolute Gasteiger partial charge is 0.340 e. The first-order valence-corrected chi connectivity index (χ1v) is 6.15. The van der Waals surface area contributed by atoms with E-state index in [1.54, 1.807) is 0 Å². The molecule has 1 rings (SSSR count). The third-order valence-electron chi connectivity index (χ3n) is 3.40. The fourth-order valence-electron chi connectivity index (χ4n) is 2.38. The first kappa shape index (κ1) is 13.5. The molecule has 1 saturated heterocycles. The highest BCUT2D eigenvalue weighted by molar-refractivity contribution is 5.79. The van der Waals surface area contributed by atoms with Crippen LogP contribution in [0.5, 0.6) is 0 Å². The topological polar surface area (TPSA) is 35.6 Å². The van der Waals surface area contributed by atoms with E-state index >= 15 is 0 Å².